The first kappa shape index (κ1) is 9.17. The fraction of sp³-hybridized carbons (Fsp3) is 0.600. The molecule has 0 radical (unpaired) electrons. The van der Waals surface area contributed by atoms with Gasteiger partial charge in [0, 0.05) is 6.42 Å². The summed E-state index contributed by atoms with van der Waals surface area (Å²) in [6.45, 7) is 6.61. The summed E-state index contributed by atoms with van der Waals surface area (Å²) in [5.41, 5.74) is 1.39. The van der Waals surface area contributed by atoms with Gasteiger partial charge in [0.15, 0.2) is 0 Å². The Morgan fingerprint density at radius 2 is 2.25 bits per heavy atom. The number of rotatable bonds is 3. The van der Waals surface area contributed by atoms with Crippen LogP contribution in [0.5, 0.6) is 0 Å². The highest BCUT2D eigenvalue weighted by molar-refractivity contribution is 5.09. The summed E-state index contributed by atoms with van der Waals surface area (Å²) in [6, 6.07) is 0. The molecule has 1 aliphatic rings. The largest absolute Gasteiger partial charge is 0.459 e. The van der Waals surface area contributed by atoms with E-state index in [0.717, 1.165) is 24.4 Å². The van der Waals surface area contributed by atoms with Crippen LogP contribution in [0.4, 0.5) is 0 Å². The van der Waals surface area contributed by atoms with Crippen molar-refractivity contribution in [3.05, 3.63) is 23.2 Å². The van der Waals surface area contributed by atoms with Crippen molar-refractivity contribution in [2.75, 3.05) is 6.79 Å². The van der Waals surface area contributed by atoms with Gasteiger partial charge in [0.2, 0.25) is 6.79 Å². The molecule has 0 saturated heterocycles. The molecule has 0 bridgehead atoms. The van der Waals surface area contributed by atoms with E-state index in [1.807, 2.05) is 6.92 Å². The Hall–Kier alpha value is -0.920. The monoisotopic (exact) mass is 168 g/mol. The van der Waals surface area contributed by atoms with E-state index in [1.165, 1.54) is 5.57 Å². The first-order valence-electron chi connectivity index (χ1n) is 4.35. The highest BCUT2D eigenvalue weighted by atomic mass is 16.7. The molecule has 0 unspecified atom stereocenters. The molecule has 0 aromatic rings. The van der Waals surface area contributed by atoms with Crippen molar-refractivity contribution in [1.29, 1.82) is 0 Å². The Balaban J connectivity index is 2.46. The van der Waals surface area contributed by atoms with Crippen LogP contribution in [0.3, 0.4) is 0 Å². The third kappa shape index (κ3) is 2.29. The van der Waals surface area contributed by atoms with Crippen LogP contribution >= 0.6 is 0 Å². The second kappa shape index (κ2) is 4.19. The molecule has 1 rings (SSSR count). The van der Waals surface area contributed by atoms with Crippen molar-refractivity contribution in [3.8, 4) is 0 Å². The van der Waals surface area contributed by atoms with E-state index in [9.17, 15) is 0 Å². The van der Waals surface area contributed by atoms with Gasteiger partial charge in [-0.15, -0.1) is 0 Å². The number of allylic oxidation sites excluding steroid dienone is 3. The van der Waals surface area contributed by atoms with Crippen molar-refractivity contribution in [1.82, 2.24) is 0 Å². The molecule has 0 amide bonds. The molecule has 0 N–H and O–H groups in total. The van der Waals surface area contributed by atoms with Crippen LogP contribution < -0.4 is 0 Å². The predicted molar refractivity (Wildman–Crippen MR) is 48.4 cm³/mol. The van der Waals surface area contributed by atoms with Crippen molar-refractivity contribution >= 4 is 0 Å². The Kier molecular flexibility index (Phi) is 3.20. The van der Waals surface area contributed by atoms with Crippen molar-refractivity contribution in [2.24, 2.45) is 0 Å². The molecule has 0 saturated carbocycles. The lowest BCUT2D eigenvalue weighted by Gasteiger charge is -1.98. The van der Waals surface area contributed by atoms with E-state index in [0.29, 0.717) is 6.79 Å². The van der Waals surface area contributed by atoms with Crippen LogP contribution in [-0.4, -0.2) is 6.79 Å². The molecule has 0 atom stereocenters. The quantitative estimate of drug-likeness (QED) is 0.603. The summed E-state index contributed by atoms with van der Waals surface area (Å²) in [5.74, 6) is 1.90. The molecular weight excluding hydrogens is 152 g/mol. The van der Waals surface area contributed by atoms with Crippen LogP contribution in [0, 0.1) is 0 Å². The summed E-state index contributed by atoms with van der Waals surface area (Å²) in [6.07, 6.45) is 4.16. The minimum Gasteiger partial charge on any atom is -0.459 e. The molecule has 0 aliphatic carbocycles. The lowest BCUT2D eigenvalue weighted by atomic mass is 10.2. The molecule has 2 nitrogen and oxygen atoms in total. The topological polar surface area (TPSA) is 18.5 Å². The van der Waals surface area contributed by atoms with Crippen molar-refractivity contribution < 1.29 is 9.47 Å². The van der Waals surface area contributed by atoms with Gasteiger partial charge in [-0.3, -0.25) is 0 Å². The lowest BCUT2D eigenvalue weighted by Crippen LogP contribution is -1.84. The maximum atomic E-state index is 5.27. The number of hydrogen-bond acceptors (Lipinski definition) is 2. The molecule has 12 heavy (non-hydrogen) atoms. The summed E-state index contributed by atoms with van der Waals surface area (Å²) in [4.78, 5) is 0. The van der Waals surface area contributed by atoms with Gasteiger partial charge >= 0.3 is 0 Å². The SMILES string of the molecule is CC/C(C)=C/CC1=C(C)OCO1. The van der Waals surface area contributed by atoms with E-state index < -0.39 is 0 Å². The van der Waals surface area contributed by atoms with E-state index in [4.69, 9.17) is 9.47 Å². The van der Waals surface area contributed by atoms with Crippen molar-refractivity contribution in [3.63, 3.8) is 0 Å². The van der Waals surface area contributed by atoms with Gasteiger partial charge in [0.1, 0.15) is 11.5 Å². The minimum absolute atomic E-state index is 0.389. The first-order valence-corrected chi connectivity index (χ1v) is 4.35. The van der Waals surface area contributed by atoms with E-state index >= 15 is 0 Å². The van der Waals surface area contributed by atoms with Gasteiger partial charge in [0.05, 0.1) is 0 Å². The van der Waals surface area contributed by atoms with Gasteiger partial charge in [-0.25, -0.2) is 0 Å². The van der Waals surface area contributed by atoms with Crippen LogP contribution in [-0.2, 0) is 9.47 Å². The van der Waals surface area contributed by atoms with Gasteiger partial charge in [-0.1, -0.05) is 18.6 Å². The fourth-order valence-electron chi connectivity index (χ4n) is 0.985. The molecule has 0 fully saturated rings. The van der Waals surface area contributed by atoms with E-state index in [-0.39, 0.29) is 0 Å². The Morgan fingerprint density at radius 3 is 2.75 bits per heavy atom. The Bertz CT molecular complexity index is 214. The molecule has 1 heterocycles. The maximum Gasteiger partial charge on any atom is 0.230 e. The average molecular weight is 168 g/mol. The summed E-state index contributed by atoms with van der Waals surface area (Å²) in [5, 5.41) is 0. The zero-order valence-electron chi connectivity index (χ0n) is 8.02. The molecule has 68 valence electrons. The molecular formula is C10H16O2. The highest BCUT2D eigenvalue weighted by Gasteiger charge is 2.10. The summed E-state index contributed by atoms with van der Waals surface area (Å²) >= 11 is 0. The highest BCUT2D eigenvalue weighted by Crippen LogP contribution is 2.19. The lowest BCUT2D eigenvalue weighted by molar-refractivity contribution is 0.0707. The Labute approximate surface area is 73.9 Å². The van der Waals surface area contributed by atoms with Gasteiger partial charge in [-0.05, 0) is 20.3 Å². The average Bonchev–Trinajstić information content (AvgIpc) is 2.47. The number of hydrogen-bond donors (Lipinski definition) is 0. The molecule has 1 aliphatic heterocycles. The van der Waals surface area contributed by atoms with Gasteiger partial charge in [-0.2, -0.15) is 0 Å². The Morgan fingerprint density at radius 1 is 1.50 bits per heavy atom. The standard InChI is InChI=1S/C10H16O2/c1-4-8(2)5-6-10-9(3)11-7-12-10/h5H,4,6-7H2,1-3H3/b8-5+. The first-order chi connectivity index (χ1) is 5.74. The molecule has 0 spiro atoms. The van der Waals surface area contributed by atoms with Crippen LogP contribution in [0.15, 0.2) is 23.2 Å². The van der Waals surface area contributed by atoms with Crippen LogP contribution in [0.1, 0.15) is 33.6 Å². The zero-order valence-corrected chi connectivity index (χ0v) is 8.02. The van der Waals surface area contributed by atoms with Crippen molar-refractivity contribution in [2.45, 2.75) is 33.6 Å². The van der Waals surface area contributed by atoms with Crippen LogP contribution in [0.2, 0.25) is 0 Å². The molecule has 2 heteroatoms. The second-order valence-electron chi connectivity index (χ2n) is 2.99. The second-order valence-corrected chi connectivity index (χ2v) is 2.99. The third-order valence-electron chi connectivity index (χ3n) is 2.09. The number of ether oxygens (including phenoxy) is 2. The summed E-state index contributed by atoms with van der Waals surface area (Å²) in [7, 11) is 0. The van der Waals surface area contributed by atoms with Gasteiger partial charge < -0.3 is 9.47 Å². The third-order valence-corrected chi connectivity index (χ3v) is 2.09. The summed E-state index contributed by atoms with van der Waals surface area (Å²) < 4.78 is 10.4. The maximum absolute atomic E-state index is 5.27. The molecule has 0 aromatic heterocycles. The normalized spacial score (nSPS) is 17.8. The van der Waals surface area contributed by atoms with Gasteiger partial charge in [0.25, 0.3) is 0 Å². The zero-order chi connectivity index (χ0) is 8.97. The van der Waals surface area contributed by atoms with Crippen LogP contribution in [0.25, 0.3) is 0 Å². The van der Waals surface area contributed by atoms with E-state index in [2.05, 4.69) is 19.9 Å². The predicted octanol–water partition coefficient (Wildman–Crippen LogP) is 2.97. The molecule has 0 aromatic carbocycles. The minimum atomic E-state index is 0.389. The van der Waals surface area contributed by atoms with E-state index in [1.54, 1.807) is 0 Å². The smallest absolute Gasteiger partial charge is 0.230 e. The fourth-order valence-corrected chi connectivity index (χ4v) is 0.985.